The summed E-state index contributed by atoms with van der Waals surface area (Å²) in [6.45, 7) is 4.34. The van der Waals surface area contributed by atoms with Gasteiger partial charge in [-0.2, -0.15) is 0 Å². The fourth-order valence-corrected chi connectivity index (χ4v) is 3.75. The number of halogens is 3. The first-order valence-corrected chi connectivity index (χ1v) is 9.00. The van der Waals surface area contributed by atoms with Gasteiger partial charge in [0.15, 0.2) is 0 Å². The van der Waals surface area contributed by atoms with Crippen LogP contribution >= 0.6 is 35.6 Å². The maximum Gasteiger partial charge on any atom is 0.239 e. The van der Waals surface area contributed by atoms with Crippen molar-refractivity contribution in [2.45, 2.75) is 25.8 Å². The quantitative estimate of drug-likeness (QED) is 0.759. The van der Waals surface area contributed by atoms with E-state index in [1.54, 1.807) is 23.1 Å². The molecule has 1 aromatic carbocycles. The molecule has 2 N–H and O–H groups in total. The Labute approximate surface area is 163 Å². The molecule has 3 atom stereocenters. The standard InChI is InChI=1S/C17H21Cl2N3O2.ClH/c1-10-9-20-6-4-14(10)21-16(23)12-5-7-22(17(12)24)15-8-11(18)2-3-13(15)19;/h2-3,8,10,12,14,20H,4-7,9H2,1H3,(H,21,23);1H. The van der Waals surface area contributed by atoms with Crippen LogP contribution in [0, 0.1) is 11.8 Å². The largest absolute Gasteiger partial charge is 0.352 e. The molecule has 2 fully saturated rings. The minimum atomic E-state index is -0.651. The van der Waals surface area contributed by atoms with Gasteiger partial charge in [0.2, 0.25) is 11.8 Å². The predicted molar refractivity (Wildman–Crippen MR) is 103 cm³/mol. The van der Waals surface area contributed by atoms with Crippen molar-refractivity contribution in [2.24, 2.45) is 11.8 Å². The van der Waals surface area contributed by atoms with Gasteiger partial charge in [0, 0.05) is 17.6 Å². The van der Waals surface area contributed by atoms with E-state index in [0.29, 0.717) is 34.6 Å². The van der Waals surface area contributed by atoms with E-state index in [0.717, 1.165) is 19.5 Å². The zero-order valence-electron chi connectivity index (χ0n) is 13.9. The average Bonchev–Trinajstić information content (AvgIpc) is 2.93. The van der Waals surface area contributed by atoms with Crippen LogP contribution < -0.4 is 15.5 Å². The van der Waals surface area contributed by atoms with Crippen molar-refractivity contribution >= 4 is 53.1 Å². The molecule has 2 aliphatic rings. The molecule has 8 heteroatoms. The number of amides is 2. The van der Waals surface area contributed by atoms with Gasteiger partial charge in [-0.1, -0.05) is 30.1 Å². The number of hydrogen-bond donors (Lipinski definition) is 2. The topological polar surface area (TPSA) is 61.4 Å². The van der Waals surface area contributed by atoms with Crippen LogP contribution in [0.4, 0.5) is 5.69 Å². The van der Waals surface area contributed by atoms with Crippen molar-refractivity contribution in [1.29, 1.82) is 0 Å². The number of benzene rings is 1. The maximum atomic E-state index is 12.7. The zero-order chi connectivity index (χ0) is 17.3. The number of nitrogens with one attached hydrogen (secondary N) is 2. The first-order valence-electron chi connectivity index (χ1n) is 8.25. The van der Waals surface area contributed by atoms with E-state index in [4.69, 9.17) is 23.2 Å². The summed E-state index contributed by atoms with van der Waals surface area (Å²) in [5.41, 5.74) is 0.569. The molecule has 138 valence electrons. The minimum Gasteiger partial charge on any atom is -0.352 e. The highest BCUT2D eigenvalue weighted by molar-refractivity contribution is 6.36. The number of piperidine rings is 1. The SMILES string of the molecule is CC1CNCCC1NC(=O)C1CCN(c2cc(Cl)ccc2Cl)C1=O.Cl. The zero-order valence-corrected chi connectivity index (χ0v) is 16.3. The summed E-state index contributed by atoms with van der Waals surface area (Å²) in [6, 6.07) is 5.12. The molecule has 0 saturated carbocycles. The van der Waals surface area contributed by atoms with Gasteiger partial charge in [-0.05, 0) is 50.0 Å². The third-order valence-corrected chi connectivity index (χ3v) is 5.39. The molecule has 1 aromatic rings. The highest BCUT2D eigenvalue weighted by atomic mass is 35.5. The van der Waals surface area contributed by atoms with E-state index in [-0.39, 0.29) is 30.3 Å². The molecule has 2 aliphatic heterocycles. The van der Waals surface area contributed by atoms with Crippen molar-refractivity contribution in [1.82, 2.24) is 10.6 Å². The van der Waals surface area contributed by atoms with Gasteiger partial charge in [-0.25, -0.2) is 0 Å². The van der Waals surface area contributed by atoms with Crippen molar-refractivity contribution in [3.8, 4) is 0 Å². The average molecular weight is 407 g/mol. The molecule has 0 aromatic heterocycles. The van der Waals surface area contributed by atoms with Crippen LogP contribution in [-0.2, 0) is 9.59 Å². The van der Waals surface area contributed by atoms with Gasteiger partial charge < -0.3 is 15.5 Å². The lowest BCUT2D eigenvalue weighted by Gasteiger charge is -2.30. The molecule has 5 nitrogen and oxygen atoms in total. The van der Waals surface area contributed by atoms with Crippen LogP contribution in [0.15, 0.2) is 18.2 Å². The molecule has 3 rings (SSSR count). The first-order chi connectivity index (χ1) is 11.5. The third-order valence-electron chi connectivity index (χ3n) is 4.83. The fourth-order valence-electron chi connectivity index (χ4n) is 3.37. The highest BCUT2D eigenvalue weighted by Gasteiger charge is 2.39. The summed E-state index contributed by atoms with van der Waals surface area (Å²) in [4.78, 5) is 26.8. The third kappa shape index (κ3) is 4.40. The van der Waals surface area contributed by atoms with Crippen molar-refractivity contribution in [3.05, 3.63) is 28.2 Å². The molecule has 2 saturated heterocycles. The Morgan fingerprint density at radius 1 is 1.32 bits per heavy atom. The molecule has 0 bridgehead atoms. The molecule has 25 heavy (non-hydrogen) atoms. The number of hydrogen-bond acceptors (Lipinski definition) is 3. The summed E-state index contributed by atoms with van der Waals surface area (Å²) < 4.78 is 0. The van der Waals surface area contributed by atoms with Gasteiger partial charge in [0.1, 0.15) is 5.92 Å². The van der Waals surface area contributed by atoms with Crippen LogP contribution in [0.3, 0.4) is 0 Å². The number of nitrogens with zero attached hydrogens (tertiary/aromatic N) is 1. The minimum absolute atomic E-state index is 0. The highest BCUT2D eigenvalue weighted by Crippen LogP contribution is 2.33. The van der Waals surface area contributed by atoms with Crippen molar-refractivity contribution < 1.29 is 9.59 Å². The van der Waals surface area contributed by atoms with Crippen LogP contribution in [0.2, 0.25) is 10.0 Å². The van der Waals surface area contributed by atoms with Crippen molar-refractivity contribution in [3.63, 3.8) is 0 Å². The number of rotatable bonds is 3. The second kappa shape index (κ2) is 8.58. The first kappa shape index (κ1) is 20.3. The monoisotopic (exact) mass is 405 g/mol. The lowest BCUT2D eigenvalue weighted by atomic mass is 9.94. The summed E-state index contributed by atoms with van der Waals surface area (Å²) >= 11 is 12.2. The van der Waals surface area contributed by atoms with Gasteiger partial charge >= 0.3 is 0 Å². The second-order valence-corrected chi connectivity index (χ2v) is 7.36. The lowest BCUT2D eigenvalue weighted by Crippen LogP contribution is -2.50. The van der Waals surface area contributed by atoms with Crippen LogP contribution in [0.1, 0.15) is 19.8 Å². The number of carbonyl (C=O) groups excluding carboxylic acids is 2. The molecule has 0 spiro atoms. The predicted octanol–water partition coefficient (Wildman–Crippen LogP) is 2.88. The van der Waals surface area contributed by atoms with E-state index >= 15 is 0 Å². The van der Waals surface area contributed by atoms with Gasteiger partial charge in [-0.3, -0.25) is 9.59 Å². The van der Waals surface area contributed by atoms with E-state index < -0.39 is 5.92 Å². The molecular formula is C17H22Cl3N3O2. The Hall–Kier alpha value is -1.01. The van der Waals surface area contributed by atoms with Gasteiger partial charge in [-0.15, -0.1) is 12.4 Å². The van der Waals surface area contributed by atoms with Crippen LogP contribution in [0.5, 0.6) is 0 Å². The Kier molecular flexibility index (Phi) is 6.97. The fraction of sp³-hybridized carbons (Fsp3) is 0.529. The van der Waals surface area contributed by atoms with Crippen molar-refractivity contribution in [2.75, 3.05) is 24.5 Å². The second-order valence-electron chi connectivity index (χ2n) is 6.51. The Morgan fingerprint density at radius 3 is 2.80 bits per heavy atom. The molecule has 2 heterocycles. The lowest BCUT2D eigenvalue weighted by molar-refractivity contribution is -0.132. The number of anilines is 1. The summed E-state index contributed by atoms with van der Waals surface area (Å²) in [6.07, 6.45) is 1.38. The maximum absolute atomic E-state index is 12.7. The van der Waals surface area contributed by atoms with Crippen LogP contribution in [0.25, 0.3) is 0 Å². The number of carbonyl (C=O) groups is 2. The Bertz CT molecular complexity index is 656. The Balaban J connectivity index is 0.00000225. The van der Waals surface area contributed by atoms with E-state index in [1.807, 2.05) is 0 Å². The normalized spacial score (nSPS) is 26.3. The molecule has 0 aliphatic carbocycles. The molecule has 3 unspecified atom stereocenters. The van der Waals surface area contributed by atoms with E-state index in [2.05, 4.69) is 17.6 Å². The Morgan fingerprint density at radius 2 is 2.08 bits per heavy atom. The summed E-state index contributed by atoms with van der Waals surface area (Å²) in [5.74, 6) is -0.683. The summed E-state index contributed by atoms with van der Waals surface area (Å²) in [7, 11) is 0. The summed E-state index contributed by atoms with van der Waals surface area (Å²) in [5, 5.41) is 7.33. The van der Waals surface area contributed by atoms with E-state index in [1.165, 1.54) is 0 Å². The van der Waals surface area contributed by atoms with Gasteiger partial charge in [0.25, 0.3) is 0 Å². The van der Waals surface area contributed by atoms with E-state index in [9.17, 15) is 9.59 Å². The molecule has 0 radical (unpaired) electrons. The molecule has 2 amide bonds. The smallest absolute Gasteiger partial charge is 0.239 e. The van der Waals surface area contributed by atoms with Crippen LogP contribution in [-0.4, -0.2) is 37.5 Å². The molecular weight excluding hydrogens is 385 g/mol. The van der Waals surface area contributed by atoms with Gasteiger partial charge in [0.05, 0.1) is 10.7 Å².